The molecule has 6 heteroatoms. The third-order valence-corrected chi connectivity index (χ3v) is 6.07. The van der Waals surface area contributed by atoms with E-state index in [1.807, 2.05) is 48.5 Å². The zero-order valence-corrected chi connectivity index (χ0v) is 16.2. The van der Waals surface area contributed by atoms with Gasteiger partial charge in [-0.05, 0) is 40.6 Å². The molecule has 0 radical (unpaired) electrons. The van der Waals surface area contributed by atoms with Crippen molar-refractivity contribution in [1.29, 1.82) is 0 Å². The fourth-order valence-corrected chi connectivity index (χ4v) is 4.52. The van der Waals surface area contributed by atoms with Crippen LogP contribution in [0.5, 0.6) is 11.5 Å². The number of rotatable bonds is 6. The molecule has 0 aliphatic carbocycles. The van der Waals surface area contributed by atoms with E-state index in [2.05, 4.69) is 17.4 Å². The number of methoxy groups -OCH3 is 1. The van der Waals surface area contributed by atoms with E-state index in [9.17, 15) is 9.90 Å². The van der Waals surface area contributed by atoms with Crippen molar-refractivity contribution in [2.24, 2.45) is 0 Å². The lowest BCUT2D eigenvalue weighted by Gasteiger charge is -2.16. The number of ether oxygens (including phenoxy) is 2. The normalized spacial score (nSPS) is 18.9. The summed E-state index contributed by atoms with van der Waals surface area (Å²) in [4.78, 5) is 11.2. The van der Waals surface area contributed by atoms with Gasteiger partial charge in [-0.2, -0.15) is 0 Å². The van der Waals surface area contributed by atoms with Gasteiger partial charge in [0.15, 0.2) is 0 Å². The molecule has 1 aliphatic heterocycles. The molecule has 28 heavy (non-hydrogen) atoms. The standard InChI is InChI=1S/C22H21NO4S/c1-26-20-9-7-16(21-23-19(13-28-21)22(24)25)10-17(20)12-27-18-8-6-14-4-2-3-5-15(14)11-18/h2-11,19,21,23H,12-13H2,1H3,(H,24,25). The maximum absolute atomic E-state index is 11.2. The third-order valence-electron chi connectivity index (χ3n) is 4.80. The second kappa shape index (κ2) is 8.12. The van der Waals surface area contributed by atoms with Crippen molar-refractivity contribution < 1.29 is 19.4 Å². The number of aliphatic carboxylic acids is 1. The quantitative estimate of drug-likeness (QED) is 0.652. The molecule has 4 rings (SSSR count). The van der Waals surface area contributed by atoms with Crippen LogP contribution in [0.3, 0.4) is 0 Å². The predicted octanol–water partition coefficient (Wildman–Crippen LogP) is 4.22. The summed E-state index contributed by atoms with van der Waals surface area (Å²) in [6.07, 6.45) is 0. The number of thioether (sulfide) groups is 1. The molecule has 1 heterocycles. The van der Waals surface area contributed by atoms with E-state index in [-0.39, 0.29) is 5.37 Å². The van der Waals surface area contributed by atoms with Crippen LogP contribution < -0.4 is 14.8 Å². The minimum absolute atomic E-state index is 0.0496. The summed E-state index contributed by atoms with van der Waals surface area (Å²) in [6, 6.07) is 19.6. The zero-order chi connectivity index (χ0) is 19.5. The number of fused-ring (bicyclic) bond motifs is 1. The first-order valence-electron chi connectivity index (χ1n) is 9.03. The van der Waals surface area contributed by atoms with E-state index in [0.29, 0.717) is 12.4 Å². The Kier molecular flexibility index (Phi) is 5.41. The first kappa shape index (κ1) is 18.7. The van der Waals surface area contributed by atoms with Crippen LogP contribution in [0.1, 0.15) is 16.5 Å². The van der Waals surface area contributed by atoms with Gasteiger partial charge in [0.05, 0.1) is 12.5 Å². The number of hydrogen-bond acceptors (Lipinski definition) is 5. The van der Waals surface area contributed by atoms with Gasteiger partial charge < -0.3 is 14.6 Å². The molecule has 2 atom stereocenters. The molecular formula is C22H21NO4S. The highest BCUT2D eigenvalue weighted by Crippen LogP contribution is 2.35. The van der Waals surface area contributed by atoms with Crippen molar-refractivity contribution in [3.05, 3.63) is 71.8 Å². The lowest BCUT2D eigenvalue weighted by Crippen LogP contribution is -2.33. The topological polar surface area (TPSA) is 67.8 Å². The van der Waals surface area contributed by atoms with Crippen LogP contribution >= 0.6 is 11.8 Å². The van der Waals surface area contributed by atoms with Gasteiger partial charge in [0.1, 0.15) is 24.1 Å². The fourth-order valence-electron chi connectivity index (χ4n) is 3.30. The molecule has 3 aromatic rings. The van der Waals surface area contributed by atoms with Gasteiger partial charge in [-0.15, -0.1) is 11.8 Å². The van der Waals surface area contributed by atoms with Gasteiger partial charge in [0.2, 0.25) is 0 Å². The van der Waals surface area contributed by atoms with Crippen LogP contribution in [0.15, 0.2) is 60.7 Å². The lowest BCUT2D eigenvalue weighted by atomic mass is 10.1. The lowest BCUT2D eigenvalue weighted by molar-refractivity contribution is -0.138. The van der Waals surface area contributed by atoms with E-state index in [1.165, 1.54) is 5.39 Å². The van der Waals surface area contributed by atoms with E-state index in [4.69, 9.17) is 9.47 Å². The van der Waals surface area contributed by atoms with Crippen molar-refractivity contribution in [2.45, 2.75) is 18.0 Å². The molecule has 2 unspecified atom stereocenters. The van der Waals surface area contributed by atoms with Crippen molar-refractivity contribution in [3.63, 3.8) is 0 Å². The van der Waals surface area contributed by atoms with E-state index < -0.39 is 12.0 Å². The Labute approximate surface area is 167 Å². The summed E-state index contributed by atoms with van der Waals surface area (Å²) in [5.74, 6) is 1.28. The highest BCUT2D eigenvalue weighted by Gasteiger charge is 2.30. The number of nitrogens with one attached hydrogen (secondary N) is 1. The van der Waals surface area contributed by atoms with Gasteiger partial charge >= 0.3 is 5.97 Å². The first-order valence-corrected chi connectivity index (χ1v) is 10.1. The van der Waals surface area contributed by atoms with Gasteiger partial charge in [-0.25, -0.2) is 0 Å². The van der Waals surface area contributed by atoms with Crippen LogP contribution in [0.4, 0.5) is 0 Å². The number of carbonyl (C=O) groups is 1. The Hall–Kier alpha value is -2.70. The highest BCUT2D eigenvalue weighted by atomic mass is 32.2. The predicted molar refractivity (Wildman–Crippen MR) is 111 cm³/mol. The number of carboxylic acids is 1. The van der Waals surface area contributed by atoms with Crippen molar-refractivity contribution in [3.8, 4) is 11.5 Å². The molecule has 1 fully saturated rings. The Morgan fingerprint density at radius 2 is 1.96 bits per heavy atom. The summed E-state index contributed by atoms with van der Waals surface area (Å²) in [5, 5.41) is 14.6. The summed E-state index contributed by atoms with van der Waals surface area (Å²) < 4.78 is 11.5. The van der Waals surface area contributed by atoms with Crippen LogP contribution in [0.2, 0.25) is 0 Å². The number of carboxylic acid groups (broad SMARTS) is 1. The van der Waals surface area contributed by atoms with Gasteiger partial charge in [0.25, 0.3) is 0 Å². The molecule has 0 bridgehead atoms. The van der Waals surface area contributed by atoms with E-state index in [1.54, 1.807) is 18.9 Å². The fraction of sp³-hybridized carbons (Fsp3) is 0.227. The Bertz CT molecular complexity index is 1010. The van der Waals surface area contributed by atoms with Gasteiger partial charge in [-0.1, -0.05) is 36.4 Å². The third kappa shape index (κ3) is 3.93. The Morgan fingerprint density at radius 3 is 2.71 bits per heavy atom. The summed E-state index contributed by atoms with van der Waals surface area (Å²) in [6.45, 7) is 0.370. The van der Waals surface area contributed by atoms with Crippen molar-refractivity contribution >= 4 is 28.5 Å². The van der Waals surface area contributed by atoms with E-state index in [0.717, 1.165) is 28.0 Å². The molecule has 5 nitrogen and oxygen atoms in total. The van der Waals surface area contributed by atoms with Crippen LogP contribution in [0, 0.1) is 0 Å². The molecule has 0 saturated carbocycles. The first-order chi connectivity index (χ1) is 13.6. The molecular weight excluding hydrogens is 374 g/mol. The maximum Gasteiger partial charge on any atom is 0.321 e. The second-order valence-corrected chi connectivity index (χ2v) is 7.78. The van der Waals surface area contributed by atoms with Crippen LogP contribution in [-0.2, 0) is 11.4 Å². The van der Waals surface area contributed by atoms with Crippen LogP contribution in [0.25, 0.3) is 10.8 Å². The summed E-state index contributed by atoms with van der Waals surface area (Å²) in [5.41, 5.74) is 1.95. The molecule has 1 saturated heterocycles. The molecule has 0 spiro atoms. The molecule has 0 aromatic heterocycles. The smallest absolute Gasteiger partial charge is 0.321 e. The monoisotopic (exact) mass is 395 g/mol. The zero-order valence-electron chi connectivity index (χ0n) is 15.4. The molecule has 1 aliphatic rings. The summed E-state index contributed by atoms with van der Waals surface area (Å²) >= 11 is 1.60. The number of hydrogen-bond donors (Lipinski definition) is 2. The second-order valence-electron chi connectivity index (χ2n) is 6.64. The van der Waals surface area contributed by atoms with Gasteiger partial charge in [0, 0.05) is 11.3 Å². The Balaban J connectivity index is 1.52. The average Bonchev–Trinajstić information content (AvgIpc) is 3.22. The maximum atomic E-state index is 11.2. The molecule has 3 aromatic carbocycles. The van der Waals surface area contributed by atoms with Crippen molar-refractivity contribution in [1.82, 2.24) is 5.32 Å². The van der Waals surface area contributed by atoms with Gasteiger partial charge in [-0.3, -0.25) is 10.1 Å². The molecule has 2 N–H and O–H groups in total. The average molecular weight is 395 g/mol. The molecule has 0 amide bonds. The minimum atomic E-state index is -0.816. The Morgan fingerprint density at radius 1 is 1.14 bits per heavy atom. The highest BCUT2D eigenvalue weighted by molar-refractivity contribution is 7.99. The van der Waals surface area contributed by atoms with Crippen LogP contribution in [-0.4, -0.2) is 30.0 Å². The van der Waals surface area contributed by atoms with Crippen molar-refractivity contribution in [2.75, 3.05) is 12.9 Å². The van der Waals surface area contributed by atoms with E-state index >= 15 is 0 Å². The number of benzene rings is 3. The minimum Gasteiger partial charge on any atom is -0.496 e. The summed E-state index contributed by atoms with van der Waals surface area (Å²) in [7, 11) is 1.64. The largest absolute Gasteiger partial charge is 0.496 e. The molecule has 144 valence electrons. The SMILES string of the molecule is COc1ccc(C2NC(C(=O)O)CS2)cc1COc1ccc2ccccc2c1.